The lowest BCUT2D eigenvalue weighted by molar-refractivity contribution is 0.364. The van der Waals surface area contributed by atoms with Crippen LogP contribution in [0.15, 0.2) is 0 Å². The maximum atomic E-state index is 5.61. The molecule has 0 atom stereocenters. The van der Waals surface area contributed by atoms with E-state index in [1.165, 1.54) is 12.5 Å². The molecule has 0 heterocycles. The van der Waals surface area contributed by atoms with Gasteiger partial charge in [0.05, 0.1) is 0 Å². The first-order valence-corrected chi connectivity index (χ1v) is 7.30. The average molecular weight is 159 g/mol. The van der Waals surface area contributed by atoms with E-state index >= 15 is 0 Å². The number of rotatable bonds is 4. The highest BCUT2D eigenvalue weighted by Crippen LogP contribution is 2.21. The van der Waals surface area contributed by atoms with Gasteiger partial charge in [-0.1, -0.05) is 33.0 Å². The maximum Gasteiger partial charge on any atom is 0.0305 e. The van der Waals surface area contributed by atoms with E-state index in [9.17, 15) is 0 Å². The van der Waals surface area contributed by atoms with Crippen molar-refractivity contribution in [1.82, 2.24) is 0 Å². The van der Waals surface area contributed by atoms with Crippen LogP contribution in [0.5, 0.6) is 0 Å². The summed E-state index contributed by atoms with van der Waals surface area (Å²) in [6, 6.07) is 1.43. The van der Waals surface area contributed by atoms with Gasteiger partial charge in [0.15, 0.2) is 0 Å². The first-order valence-electron chi connectivity index (χ1n) is 4.18. The summed E-state index contributed by atoms with van der Waals surface area (Å²) >= 11 is 0. The molecule has 0 saturated heterocycles. The third-order valence-corrected chi connectivity index (χ3v) is 3.39. The van der Waals surface area contributed by atoms with E-state index < -0.39 is 0 Å². The third kappa shape index (κ3) is 5.00. The lowest BCUT2D eigenvalue weighted by atomic mass is 9.91. The highest BCUT2D eigenvalue weighted by Gasteiger charge is 2.15. The molecule has 0 unspecified atom stereocenters. The van der Waals surface area contributed by atoms with Gasteiger partial charge in [0.25, 0.3) is 0 Å². The molecule has 1 nitrogen and oxygen atoms in total. The lowest BCUT2D eigenvalue weighted by Crippen LogP contribution is -2.24. The average Bonchev–Trinajstić information content (AvgIpc) is 1.85. The van der Waals surface area contributed by atoms with E-state index in [2.05, 4.69) is 26.9 Å². The Kier molecular flexibility index (Phi) is 4.21. The molecule has 62 valence electrons. The summed E-state index contributed by atoms with van der Waals surface area (Å²) in [6.45, 7) is 10.1. The van der Waals surface area contributed by atoms with Crippen molar-refractivity contribution in [2.24, 2.45) is 11.1 Å². The molecule has 0 radical (unpaired) electrons. The molecular weight excluding hydrogens is 138 g/mol. The van der Waals surface area contributed by atoms with Gasteiger partial charge in [0.2, 0.25) is 0 Å². The standard InChI is InChI=1S/C8H21NSi/c1-8(2,7-9)5-6-10(3)4/h10H,5-7,9H2,1-4H3. The van der Waals surface area contributed by atoms with Gasteiger partial charge in [0.1, 0.15) is 0 Å². The molecule has 10 heavy (non-hydrogen) atoms. The van der Waals surface area contributed by atoms with Gasteiger partial charge in [-0.3, -0.25) is 0 Å². The molecule has 0 spiro atoms. The van der Waals surface area contributed by atoms with E-state index in [1.807, 2.05) is 0 Å². The van der Waals surface area contributed by atoms with Gasteiger partial charge in [0, 0.05) is 8.80 Å². The molecule has 0 bridgehead atoms. The fourth-order valence-corrected chi connectivity index (χ4v) is 2.14. The highest BCUT2D eigenvalue weighted by atomic mass is 28.3. The van der Waals surface area contributed by atoms with Crippen LogP contribution in [0.3, 0.4) is 0 Å². The molecule has 0 aromatic rings. The van der Waals surface area contributed by atoms with E-state index in [4.69, 9.17) is 5.73 Å². The van der Waals surface area contributed by atoms with Crippen molar-refractivity contribution in [3.05, 3.63) is 0 Å². The van der Waals surface area contributed by atoms with Crippen LogP contribution in [0.1, 0.15) is 20.3 Å². The van der Waals surface area contributed by atoms with E-state index in [0.29, 0.717) is 5.41 Å². The molecule has 0 amide bonds. The molecule has 2 N–H and O–H groups in total. The first kappa shape index (κ1) is 10.2. The van der Waals surface area contributed by atoms with E-state index in [0.717, 1.165) is 6.54 Å². The zero-order valence-electron chi connectivity index (χ0n) is 7.78. The Morgan fingerprint density at radius 1 is 1.30 bits per heavy atom. The molecule has 0 aliphatic rings. The van der Waals surface area contributed by atoms with Crippen LogP contribution in [0.25, 0.3) is 0 Å². The van der Waals surface area contributed by atoms with Crippen LogP contribution in [-0.4, -0.2) is 15.3 Å². The SMILES string of the molecule is C[SiH](C)CCC(C)(C)CN. The number of hydrogen-bond acceptors (Lipinski definition) is 1. The summed E-state index contributed by atoms with van der Waals surface area (Å²) in [5, 5.41) is 0. The van der Waals surface area contributed by atoms with Crippen LogP contribution in [-0.2, 0) is 0 Å². The van der Waals surface area contributed by atoms with Crippen molar-refractivity contribution >= 4 is 8.80 Å². The molecule has 0 aromatic carbocycles. The Morgan fingerprint density at radius 3 is 2.10 bits per heavy atom. The lowest BCUT2D eigenvalue weighted by Gasteiger charge is -2.22. The van der Waals surface area contributed by atoms with Crippen molar-refractivity contribution in [2.45, 2.75) is 39.4 Å². The molecule has 0 aromatic heterocycles. The van der Waals surface area contributed by atoms with Gasteiger partial charge < -0.3 is 5.73 Å². The van der Waals surface area contributed by atoms with Crippen LogP contribution in [0.2, 0.25) is 19.1 Å². The fraction of sp³-hybridized carbons (Fsp3) is 1.00. The monoisotopic (exact) mass is 159 g/mol. The van der Waals surface area contributed by atoms with Gasteiger partial charge in [-0.2, -0.15) is 0 Å². The van der Waals surface area contributed by atoms with Gasteiger partial charge in [-0.15, -0.1) is 0 Å². The quantitative estimate of drug-likeness (QED) is 0.622. The summed E-state index contributed by atoms with van der Waals surface area (Å²) in [5.41, 5.74) is 5.99. The summed E-state index contributed by atoms with van der Waals surface area (Å²) in [4.78, 5) is 0. The maximum absolute atomic E-state index is 5.61. The minimum Gasteiger partial charge on any atom is -0.330 e. The van der Waals surface area contributed by atoms with Crippen LogP contribution in [0.4, 0.5) is 0 Å². The summed E-state index contributed by atoms with van der Waals surface area (Å²) in [6.07, 6.45) is 1.31. The zero-order chi connectivity index (χ0) is 8.20. The van der Waals surface area contributed by atoms with Crippen LogP contribution in [0, 0.1) is 5.41 Å². The van der Waals surface area contributed by atoms with Crippen molar-refractivity contribution in [1.29, 1.82) is 0 Å². The summed E-state index contributed by atoms with van der Waals surface area (Å²) < 4.78 is 0. The van der Waals surface area contributed by atoms with Gasteiger partial charge in [-0.25, -0.2) is 0 Å². The third-order valence-electron chi connectivity index (χ3n) is 1.95. The predicted octanol–water partition coefficient (Wildman–Crippen LogP) is 1.85. The van der Waals surface area contributed by atoms with E-state index in [1.54, 1.807) is 0 Å². The van der Waals surface area contributed by atoms with Crippen molar-refractivity contribution in [3.8, 4) is 0 Å². The van der Waals surface area contributed by atoms with E-state index in [-0.39, 0.29) is 8.80 Å². The number of hydrogen-bond donors (Lipinski definition) is 1. The Bertz CT molecular complexity index is 89.3. The molecule has 2 heteroatoms. The van der Waals surface area contributed by atoms with Gasteiger partial charge in [-0.05, 0) is 18.4 Å². The van der Waals surface area contributed by atoms with Crippen molar-refractivity contribution in [2.75, 3.05) is 6.54 Å². The second-order valence-corrected chi connectivity index (χ2v) is 7.67. The zero-order valence-corrected chi connectivity index (χ0v) is 8.93. The Balaban J connectivity index is 3.46. The Hall–Kier alpha value is 0.177. The van der Waals surface area contributed by atoms with Crippen LogP contribution < -0.4 is 5.73 Å². The predicted molar refractivity (Wildman–Crippen MR) is 51.1 cm³/mol. The smallest absolute Gasteiger partial charge is 0.0305 e. The highest BCUT2D eigenvalue weighted by molar-refractivity contribution is 6.55. The largest absolute Gasteiger partial charge is 0.330 e. The second kappa shape index (κ2) is 4.14. The number of nitrogens with two attached hydrogens (primary N) is 1. The normalized spacial score (nSPS) is 12.6. The van der Waals surface area contributed by atoms with Crippen molar-refractivity contribution < 1.29 is 0 Å². The Labute approximate surface area is 66.6 Å². The minimum absolute atomic E-state index is 0.340. The Morgan fingerprint density at radius 2 is 1.80 bits per heavy atom. The van der Waals surface area contributed by atoms with Crippen LogP contribution >= 0.6 is 0 Å². The molecule has 0 rings (SSSR count). The topological polar surface area (TPSA) is 26.0 Å². The molecular formula is C8H21NSi. The summed E-state index contributed by atoms with van der Waals surface area (Å²) in [7, 11) is -0.340. The minimum atomic E-state index is -0.340. The van der Waals surface area contributed by atoms with Crippen molar-refractivity contribution in [3.63, 3.8) is 0 Å². The molecule has 0 saturated carbocycles. The fourth-order valence-electron chi connectivity index (χ4n) is 0.781. The molecule has 0 fully saturated rings. The first-order chi connectivity index (χ1) is 4.48. The summed E-state index contributed by atoms with van der Waals surface area (Å²) in [5.74, 6) is 0. The second-order valence-electron chi connectivity index (χ2n) is 4.30. The molecule has 0 aliphatic carbocycles. The molecule has 0 aliphatic heterocycles. The van der Waals surface area contributed by atoms with Gasteiger partial charge >= 0.3 is 0 Å².